The molecule has 0 spiro atoms. The fraction of sp³-hybridized carbons (Fsp3) is 0.286. The lowest BCUT2D eigenvalue weighted by Gasteiger charge is -2.16. The number of nitrogens with one attached hydrogen (secondary N) is 1. The molecule has 4 nitrogen and oxygen atoms in total. The minimum atomic E-state index is 0.0709. The molecule has 4 heteroatoms. The average molecular weight is 240 g/mol. The van der Waals surface area contributed by atoms with Crippen LogP contribution in [0.4, 0.5) is 5.82 Å². The van der Waals surface area contributed by atoms with Crippen molar-refractivity contribution >= 4 is 22.6 Å². The van der Waals surface area contributed by atoms with Crippen LogP contribution in [0.2, 0.25) is 0 Å². The smallest absolute Gasteiger partial charge is 0.228 e. The van der Waals surface area contributed by atoms with E-state index in [1.807, 2.05) is 24.3 Å². The van der Waals surface area contributed by atoms with Gasteiger partial charge >= 0.3 is 0 Å². The van der Waals surface area contributed by atoms with Gasteiger partial charge in [-0.3, -0.25) is 14.5 Å². The Morgan fingerprint density at radius 3 is 2.94 bits per heavy atom. The van der Waals surface area contributed by atoms with E-state index in [0.29, 0.717) is 18.2 Å². The van der Waals surface area contributed by atoms with Crippen LogP contribution in [0.5, 0.6) is 0 Å². The molecule has 0 radical (unpaired) electrons. The summed E-state index contributed by atoms with van der Waals surface area (Å²) in [6.45, 7) is 0. The van der Waals surface area contributed by atoms with Gasteiger partial charge in [-0.15, -0.1) is 0 Å². The van der Waals surface area contributed by atoms with Crippen molar-refractivity contribution in [2.45, 2.75) is 25.3 Å². The highest BCUT2D eigenvalue weighted by Crippen LogP contribution is 2.36. The zero-order chi connectivity index (χ0) is 12.3. The molecule has 1 atom stereocenters. The number of carbonyl (C=O) groups is 1. The number of para-hydroxylation sites is 1. The largest absolute Gasteiger partial charge is 0.341 e. The van der Waals surface area contributed by atoms with Gasteiger partial charge in [-0.1, -0.05) is 12.1 Å². The Bertz CT molecular complexity index is 732. The van der Waals surface area contributed by atoms with Crippen molar-refractivity contribution in [3.8, 4) is 0 Å². The number of fused-ring (bicyclic) bond motifs is 4. The van der Waals surface area contributed by atoms with Crippen molar-refractivity contribution in [1.29, 1.82) is 0 Å². The third kappa shape index (κ3) is 1.10. The minimum absolute atomic E-state index is 0.0709. The molecule has 18 heavy (non-hydrogen) atoms. The van der Waals surface area contributed by atoms with Gasteiger partial charge in [0.05, 0.1) is 5.52 Å². The van der Waals surface area contributed by atoms with Crippen LogP contribution in [0.25, 0.3) is 10.9 Å². The number of amides is 1. The predicted octanol–water partition coefficient (Wildman–Crippen LogP) is 1.58. The third-order valence-corrected chi connectivity index (χ3v) is 3.99. The molecule has 3 heterocycles. The Balaban J connectivity index is 2.06. The second kappa shape index (κ2) is 3.22. The molecule has 1 amide bonds. The lowest BCUT2D eigenvalue weighted by Crippen LogP contribution is -2.29. The third-order valence-electron chi connectivity index (χ3n) is 3.99. The summed E-state index contributed by atoms with van der Waals surface area (Å²) in [5.41, 5.74) is 1.65. The molecular weight excluding hydrogens is 228 g/mol. The number of hydrogen-bond donors (Lipinski definition) is 1. The zero-order valence-electron chi connectivity index (χ0n) is 9.77. The van der Waals surface area contributed by atoms with E-state index in [0.717, 1.165) is 23.3 Å². The Hall–Kier alpha value is -2.10. The van der Waals surface area contributed by atoms with E-state index < -0.39 is 0 Å². The van der Waals surface area contributed by atoms with Crippen LogP contribution in [0.3, 0.4) is 0 Å². The van der Waals surface area contributed by atoms with E-state index in [2.05, 4.69) is 4.98 Å². The van der Waals surface area contributed by atoms with Crippen LogP contribution in [0.1, 0.15) is 18.4 Å². The Labute approximate surface area is 103 Å². The molecular formula is C14H12N2O2. The summed E-state index contributed by atoms with van der Waals surface area (Å²) in [7, 11) is 0. The highest BCUT2D eigenvalue weighted by atomic mass is 16.2. The van der Waals surface area contributed by atoms with Gasteiger partial charge in [0, 0.05) is 29.8 Å². The normalized spacial score (nSPS) is 21.4. The molecule has 2 aliphatic rings. The van der Waals surface area contributed by atoms with Crippen molar-refractivity contribution in [2.24, 2.45) is 0 Å². The van der Waals surface area contributed by atoms with Gasteiger partial charge in [-0.25, -0.2) is 0 Å². The van der Waals surface area contributed by atoms with Crippen LogP contribution < -0.4 is 10.3 Å². The summed E-state index contributed by atoms with van der Waals surface area (Å²) in [5, 5.41) is 0.713. The zero-order valence-corrected chi connectivity index (χ0v) is 9.77. The van der Waals surface area contributed by atoms with Gasteiger partial charge in [0.2, 0.25) is 5.91 Å². The molecule has 0 aliphatic carbocycles. The molecule has 1 N–H and O–H groups in total. The number of aromatic nitrogens is 1. The van der Waals surface area contributed by atoms with E-state index in [-0.39, 0.29) is 17.4 Å². The quantitative estimate of drug-likeness (QED) is 0.760. The molecule has 2 aromatic rings. The molecule has 2 aliphatic heterocycles. The van der Waals surface area contributed by atoms with Gasteiger partial charge in [0.25, 0.3) is 0 Å². The molecule has 0 saturated carbocycles. The predicted molar refractivity (Wildman–Crippen MR) is 68.8 cm³/mol. The molecule has 1 aromatic carbocycles. The lowest BCUT2D eigenvalue weighted by molar-refractivity contribution is -0.117. The molecule has 1 saturated heterocycles. The van der Waals surface area contributed by atoms with Crippen LogP contribution in [0.15, 0.2) is 29.1 Å². The molecule has 4 rings (SSSR count). The van der Waals surface area contributed by atoms with Crippen molar-refractivity contribution in [2.75, 3.05) is 4.90 Å². The van der Waals surface area contributed by atoms with E-state index >= 15 is 0 Å². The number of benzene rings is 1. The summed E-state index contributed by atoms with van der Waals surface area (Å²) in [4.78, 5) is 29.3. The maximum atomic E-state index is 12.4. The summed E-state index contributed by atoms with van der Waals surface area (Å²) in [6.07, 6.45) is 2.15. The molecule has 1 fully saturated rings. The number of rotatable bonds is 0. The number of aromatic amines is 1. The Morgan fingerprint density at radius 2 is 2.06 bits per heavy atom. The summed E-state index contributed by atoms with van der Waals surface area (Å²) in [6, 6.07) is 7.66. The first-order valence-electron chi connectivity index (χ1n) is 6.21. The van der Waals surface area contributed by atoms with Crippen LogP contribution in [0, 0.1) is 0 Å². The van der Waals surface area contributed by atoms with E-state index in [9.17, 15) is 9.59 Å². The number of pyridine rings is 1. The molecule has 1 unspecified atom stereocenters. The topological polar surface area (TPSA) is 53.2 Å². The van der Waals surface area contributed by atoms with Gasteiger partial charge in [-0.05, 0) is 18.6 Å². The number of hydrogen-bond acceptors (Lipinski definition) is 2. The number of H-pyrrole nitrogens is 1. The first-order chi connectivity index (χ1) is 8.75. The molecule has 0 bridgehead atoms. The van der Waals surface area contributed by atoms with Gasteiger partial charge in [-0.2, -0.15) is 0 Å². The van der Waals surface area contributed by atoms with Crippen molar-refractivity contribution < 1.29 is 4.79 Å². The Morgan fingerprint density at radius 1 is 1.22 bits per heavy atom. The summed E-state index contributed by atoms with van der Waals surface area (Å²) < 4.78 is 0. The summed E-state index contributed by atoms with van der Waals surface area (Å²) in [5.74, 6) is 0.857. The number of nitrogens with zero attached hydrogens (tertiary/aromatic N) is 1. The van der Waals surface area contributed by atoms with Gasteiger partial charge in [0.15, 0.2) is 5.43 Å². The first-order valence-corrected chi connectivity index (χ1v) is 6.21. The average Bonchev–Trinajstić information content (AvgIpc) is 2.91. The SMILES string of the molecule is O=C1CCC2Cc3c([nH]c4ccccc4c3=O)N12. The second-order valence-electron chi connectivity index (χ2n) is 4.99. The highest BCUT2D eigenvalue weighted by molar-refractivity contribution is 5.99. The monoisotopic (exact) mass is 240 g/mol. The van der Waals surface area contributed by atoms with Crippen LogP contribution in [-0.4, -0.2) is 16.9 Å². The van der Waals surface area contributed by atoms with Gasteiger partial charge < -0.3 is 4.98 Å². The Kier molecular flexibility index (Phi) is 1.77. The number of carbonyl (C=O) groups excluding carboxylic acids is 1. The number of anilines is 1. The minimum Gasteiger partial charge on any atom is -0.341 e. The van der Waals surface area contributed by atoms with E-state index in [4.69, 9.17) is 0 Å². The highest BCUT2D eigenvalue weighted by Gasteiger charge is 2.40. The van der Waals surface area contributed by atoms with E-state index in [1.54, 1.807) is 4.90 Å². The first kappa shape index (κ1) is 9.88. The fourth-order valence-corrected chi connectivity index (χ4v) is 3.14. The second-order valence-corrected chi connectivity index (χ2v) is 4.99. The summed E-state index contributed by atoms with van der Waals surface area (Å²) >= 11 is 0. The van der Waals surface area contributed by atoms with Crippen LogP contribution in [-0.2, 0) is 11.2 Å². The maximum absolute atomic E-state index is 12.4. The maximum Gasteiger partial charge on any atom is 0.228 e. The molecule has 90 valence electrons. The standard InChI is InChI=1S/C14H12N2O2/c17-12-6-5-8-7-10-13(18)9-3-1-2-4-11(9)15-14(10)16(8)12/h1-4,8H,5-7H2,(H,15,18). The van der Waals surface area contributed by atoms with Crippen molar-refractivity contribution in [3.05, 3.63) is 40.1 Å². The van der Waals surface area contributed by atoms with Gasteiger partial charge in [0.1, 0.15) is 5.82 Å². The van der Waals surface area contributed by atoms with Crippen LogP contribution >= 0.6 is 0 Å². The van der Waals surface area contributed by atoms with E-state index in [1.165, 1.54) is 0 Å². The molecule has 1 aromatic heterocycles. The van der Waals surface area contributed by atoms with Crippen molar-refractivity contribution in [3.63, 3.8) is 0 Å². The lowest BCUT2D eigenvalue weighted by atomic mass is 10.1. The van der Waals surface area contributed by atoms with Crippen molar-refractivity contribution in [1.82, 2.24) is 4.98 Å². The fourth-order valence-electron chi connectivity index (χ4n) is 3.14.